The third kappa shape index (κ3) is 2.46. The van der Waals surface area contributed by atoms with Crippen LogP contribution in [0.5, 0.6) is 5.75 Å². The van der Waals surface area contributed by atoms with Gasteiger partial charge in [-0.1, -0.05) is 29.8 Å². The van der Waals surface area contributed by atoms with E-state index in [1.54, 1.807) is 6.07 Å². The van der Waals surface area contributed by atoms with E-state index in [0.717, 1.165) is 12.1 Å². The van der Waals surface area contributed by atoms with E-state index < -0.39 is 22.1 Å². The highest BCUT2D eigenvalue weighted by atomic mass is 35.5. The molecule has 0 fully saturated rings. The van der Waals surface area contributed by atoms with Crippen LogP contribution >= 0.6 is 11.6 Å². The van der Waals surface area contributed by atoms with Crippen molar-refractivity contribution in [1.82, 2.24) is 3.97 Å². The van der Waals surface area contributed by atoms with Crippen molar-refractivity contribution in [2.45, 2.75) is 11.3 Å². The molecule has 8 heteroatoms. The van der Waals surface area contributed by atoms with Gasteiger partial charge in [-0.15, -0.1) is 0 Å². The Morgan fingerprint density at radius 3 is 2.35 bits per heavy atom. The molecule has 0 aliphatic carbocycles. The number of aromatic nitrogens is 1. The summed E-state index contributed by atoms with van der Waals surface area (Å²) in [7, 11) is -4.23. The number of phenols is 1. The average molecular weight is 358 g/mol. The monoisotopic (exact) mass is 357 g/mol. The highest BCUT2D eigenvalue weighted by Crippen LogP contribution is 2.38. The van der Waals surface area contributed by atoms with E-state index >= 15 is 0 Å². The van der Waals surface area contributed by atoms with Gasteiger partial charge in [0.25, 0.3) is 16.4 Å². The molecule has 0 bridgehead atoms. The second-order valence-electron chi connectivity index (χ2n) is 4.78. The predicted octanol–water partition coefficient (Wildman–Crippen LogP) is 4.17. The lowest BCUT2D eigenvalue weighted by atomic mass is 10.2. The molecule has 0 aliphatic rings. The molecule has 3 rings (SSSR count). The Bertz CT molecular complexity index is 985. The molecule has 0 spiro atoms. The van der Waals surface area contributed by atoms with Gasteiger partial charge in [0.2, 0.25) is 0 Å². The molecule has 1 N–H and O–H groups in total. The predicted molar refractivity (Wildman–Crippen MR) is 82.6 cm³/mol. The van der Waals surface area contributed by atoms with Gasteiger partial charge in [0.1, 0.15) is 11.4 Å². The minimum Gasteiger partial charge on any atom is -0.506 e. The van der Waals surface area contributed by atoms with Crippen LogP contribution in [-0.2, 0) is 10.0 Å². The summed E-state index contributed by atoms with van der Waals surface area (Å²) in [6, 6.07) is 10.6. The van der Waals surface area contributed by atoms with Crippen molar-refractivity contribution in [2.75, 3.05) is 0 Å². The highest BCUT2D eigenvalue weighted by molar-refractivity contribution is 7.90. The number of hydrogen-bond donors (Lipinski definition) is 1. The number of nitrogens with zero attached hydrogens (tertiary/aromatic N) is 1. The minimum atomic E-state index is -4.23. The Morgan fingerprint density at radius 2 is 1.74 bits per heavy atom. The molecule has 0 saturated heterocycles. The van der Waals surface area contributed by atoms with Crippen LogP contribution in [0.4, 0.5) is 8.78 Å². The Hall–Kier alpha value is -2.12. The normalized spacial score (nSPS) is 12.2. The number of alkyl halides is 2. The topological polar surface area (TPSA) is 59.3 Å². The van der Waals surface area contributed by atoms with Gasteiger partial charge < -0.3 is 5.11 Å². The number of benzene rings is 2. The number of fused-ring (bicyclic) bond motifs is 1. The van der Waals surface area contributed by atoms with Crippen molar-refractivity contribution in [3.63, 3.8) is 0 Å². The van der Waals surface area contributed by atoms with Crippen LogP contribution in [0.2, 0.25) is 5.02 Å². The molecule has 1 heterocycles. The van der Waals surface area contributed by atoms with Crippen LogP contribution in [0.15, 0.2) is 53.4 Å². The second-order valence-corrected chi connectivity index (χ2v) is 6.95. The molecular formula is C15H10ClF2NO3S. The first-order valence-corrected chi connectivity index (χ1v) is 8.27. The van der Waals surface area contributed by atoms with Crippen molar-refractivity contribution >= 4 is 32.5 Å². The van der Waals surface area contributed by atoms with Crippen molar-refractivity contribution < 1.29 is 22.3 Å². The molecule has 0 radical (unpaired) electrons. The lowest BCUT2D eigenvalue weighted by molar-refractivity contribution is 0.145. The summed E-state index contributed by atoms with van der Waals surface area (Å²) in [6.45, 7) is 0. The van der Waals surface area contributed by atoms with E-state index in [1.807, 2.05) is 0 Å². The third-order valence-electron chi connectivity index (χ3n) is 3.39. The quantitative estimate of drug-likeness (QED) is 0.765. The molecule has 0 amide bonds. The maximum absolute atomic E-state index is 13.4. The fraction of sp³-hybridized carbons (Fsp3) is 0.0667. The van der Waals surface area contributed by atoms with Crippen molar-refractivity contribution in [3.8, 4) is 5.75 Å². The standard InChI is InChI=1S/C15H10ClF2NO3S/c16-14-10-8-12(15(17)18)19(11(10)6-7-13(14)20)23(21,22)9-4-2-1-3-5-9/h1-8,15,20H. The molecule has 3 aromatic rings. The summed E-state index contributed by atoms with van der Waals surface area (Å²) in [4.78, 5) is -0.122. The van der Waals surface area contributed by atoms with E-state index in [0.29, 0.717) is 3.97 Å². The summed E-state index contributed by atoms with van der Waals surface area (Å²) in [6.07, 6.45) is -3.03. The molecule has 0 aliphatic heterocycles. The van der Waals surface area contributed by atoms with Gasteiger partial charge >= 0.3 is 0 Å². The van der Waals surface area contributed by atoms with Gasteiger partial charge in [-0.05, 0) is 30.3 Å². The van der Waals surface area contributed by atoms with Gasteiger partial charge in [-0.2, -0.15) is 0 Å². The first kappa shape index (κ1) is 15.8. The smallest absolute Gasteiger partial charge is 0.279 e. The molecular weight excluding hydrogens is 348 g/mol. The fourth-order valence-electron chi connectivity index (χ4n) is 2.35. The first-order valence-electron chi connectivity index (χ1n) is 6.45. The van der Waals surface area contributed by atoms with Crippen LogP contribution in [0.25, 0.3) is 10.9 Å². The van der Waals surface area contributed by atoms with Gasteiger partial charge in [0, 0.05) is 5.39 Å². The largest absolute Gasteiger partial charge is 0.506 e. The number of halogens is 3. The molecule has 0 unspecified atom stereocenters. The van der Waals surface area contributed by atoms with Gasteiger partial charge in [0.05, 0.1) is 15.4 Å². The van der Waals surface area contributed by atoms with Crippen LogP contribution in [-0.4, -0.2) is 17.5 Å². The third-order valence-corrected chi connectivity index (χ3v) is 5.54. The van der Waals surface area contributed by atoms with E-state index in [2.05, 4.69) is 0 Å². The SMILES string of the molecule is O=S(=O)(c1ccccc1)n1c(C(F)F)cc2c(Cl)c(O)ccc21. The Balaban J connectivity index is 2.41. The maximum Gasteiger partial charge on any atom is 0.279 e. The van der Waals surface area contributed by atoms with Crippen molar-refractivity contribution in [2.24, 2.45) is 0 Å². The molecule has 4 nitrogen and oxygen atoms in total. The lowest BCUT2D eigenvalue weighted by Gasteiger charge is -2.11. The zero-order valence-electron chi connectivity index (χ0n) is 11.4. The van der Waals surface area contributed by atoms with Gasteiger partial charge in [-0.25, -0.2) is 21.2 Å². The minimum absolute atomic E-state index is 0.0213. The van der Waals surface area contributed by atoms with E-state index in [9.17, 15) is 22.3 Å². The molecule has 0 atom stereocenters. The summed E-state index contributed by atoms with van der Waals surface area (Å²) < 4.78 is 52.8. The van der Waals surface area contributed by atoms with Gasteiger partial charge in [0.15, 0.2) is 0 Å². The molecule has 2 aromatic carbocycles. The molecule has 0 saturated carbocycles. The fourth-order valence-corrected chi connectivity index (χ4v) is 4.10. The van der Waals surface area contributed by atoms with Crippen LogP contribution in [0, 0.1) is 0 Å². The zero-order chi connectivity index (χ0) is 16.8. The van der Waals surface area contributed by atoms with Crippen LogP contribution in [0.3, 0.4) is 0 Å². The zero-order valence-corrected chi connectivity index (χ0v) is 13.0. The van der Waals surface area contributed by atoms with Crippen molar-refractivity contribution in [3.05, 3.63) is 59.2 Å². The van der Waals surface area contributed by atoms with Crippen LogP contribution < -0.4 is 0 Å². The maximum atomic E-state index is 13.4. The average Bonchev–Trinajstić information content (AvgIpc) is 2.93. The Morgan fingerprint density at radius 1 is 1.09 bits per heavy atom. The van der Waals surface area contributed by atoms with E-state index in [-0.39, 0.29) is 26.6 Å². The lowest BCUT2D eigenvalue weighted by Crippen LogP contribution is -2.15. The summed E-state index contributed by atoms with van der Waals surface area (Å²) >= 11 is 5.91. The van der Waals surface area contributed by atoms with Crippen LogP contribution in [0.1, 0.15) is 12.1 Å². The second kappa shape index (κ2) is 5.50. The molecule has 120 valence electrons. The first-order chi connectivity index (χ1) is 10.8. The summed E-state index contributed by atoms with van der Waals surface area (Å²) in [5, 5.41) is 9.47. The Labute approximate surface area is 135 Å². The highest BCUT2D eigenvalue weighted by Gasteiger charge is 2.28. The number of phenolic OH excluding ortho intramolecular Hbond substituents is 1. The molecule has 1 aromatic heterocycles. The summed E-state index contributed by atoms with van der Waals surface area (Å²) in [5.74, 6) is -0.311. The molecule has 23 heavy (non-hydrogen) atoms. The number of hydrogen-bond acceptors (Lipinski definition) is 3. The van der Waals surface area contributed by atoms with Crippen molar-refractivity contribution in [1.29, 1.82) is 0 Å². The Kier molecular flexibility index (Phi) is 3.77. The number of aromatic hydroxyl groups is 1. The number of rotatable bonds is 3. The summed E-state index contributed by atoms with van der Waals surface area (Å²) in [5.41, 5.74) is -0.733. The van der Waals surface area contributed by atoms with E-state index in [4.69, 9.17) is 11.6 Å². The van der Waals surface area contributed by atoms with E-state index in [1.165, 1.54) is 30.3 Å². The van der Waals surface area contributed by atoms with Gasteiger partial charge in [-0.3, -0.25) is 0 Å².